The van der Waals surface area contributed by atoms with Crippen LogP contribution in [0.5, 0.6) is 11.5 Å². The quantitative estimate of drug-likeness (QED) is 0.731. The minimum atomic E-state index is -0.298. The number of ether oxygens (including phenoxy) is 2. The minimum absolute atomic E-state index is 0.151. The number of carbonyl (C=O) groups is 1. The van der Waals surface area contributed by atoms with Crippen LogP contribution in [0, 0.1) is 11.3 Å². The maximum absolute atomic E-state index is 11.3. The Kier molecular flexibility index (Phi) is 7.58. The molecule has 0 atom stereocenters. The van der Waals surface area contributed by atoms with Gasteiger partial charge in [0.1, 0.15) is 13.0 Å². The van der Waals surface area contributed by atoms with Gasteiger partial charge in [-0.3, -0.25) is 4.79 Å². The molecular formula is C19H18Cl2N2O3. The molecule has 0 fully saturated rings. The summed E-state index contributed by atoms with van der Waals surface area (Å²) in [6.45, 7) is 0.738. The lowest BCUT2D eigenvalue weighted by atomic mass is 10.1. The number of hydrogen-bond donors (Lipinski definition) is 1. The van der Waals surface area contributed by atoms with Gasteiger partial charge in [-0.15, -0.1) is 0 Å². The lowest BCUT2D eigenvalue weighted by Gasteiger charge is -2.14. The van der Waals surface area contributed by atoms with Crippen LogP contribution in [-0.2, 0) is 17.8 Å². The Morgan fingerprint density at radius 1 is 1.19 bits per heavy atom. The monoisotopic (exact) mass is 392 g/mol. The predicted molar refractivity (Wildman–Crippen MR) is 101 cm³/mol. The van der Waals surface area contributed by atoms with Crippen molar-refractivity contribution in [1.82, 2.24) is 5.32 Å². The molecule has 1 N–H and O–H groups in total. The summed E-state index contributed by atoms with van der Waals surface area (Å²) in [5, 5.41) is 12.2. The molecule has 0 aromatic heterocycles. The van der Waals surface area contributed by atoms with Crippen LogP contribution >= 0.6 is 23.2 Å². The first kappa shape index (κ1) is 19.9. The molecule has 0 saturated carbocycles. The van der Waals surface area contributed by atoms with Crippen LogP contribution in [0.4, 0.5) is 0 Å². The number of hydrogen-bond acceptors (Lipinski definition) is 4. The highest BCUT2D eigenvalue weighted by atomic mass is 35.5. The summed E-state index contributed by atoms with van der Waals surface area (Å²) in [6, 6.07) is 12.7. The van der Waals surface area contributed by atoms with Gasteiger partial charge in [-0.1, -0.05) is 35.3 Å². The van der Waals surface area contributed by atoms with Crippen LogP contribution in [0.25, 0.3) is 0 Å². The fraction of sp³-hybridized carbons (Fsp3) is 0.263. The van der Waals surface area contributed by atoms with Gasteiger partial charge in [0.15, 0.2) is 11.5 Å². The molecule has 0 bridgehead atoms. The van der Waals surface area contributed by atoms with Gasteiger partial charge in [-0.2, -0.15) is 5.26 Å². The van der Waals surface area contributed by atoms with Crippen molar-refractivity contribution < 1.29 is 14.3 Å². The fourth-order valence-electron chi connectivity index (χ4n) is 2.27. The Morgan fingerprint density at radius 2 is 1.92 bits per heavy atom. The third-order valence-corrected chi connectivity index (χ3v) is 4.09. The first-order valence-corrected chi connectivity index (χ1v) is 8.66. The highest BCUT2D eigenvalue weighted by Crippen LogP contribution is 2.37. The third-order valence-electron chi connectivity index (χ3n) is 3.56. The van der Waals surface area contributed by atoms with Gasteiger partial charge in [0.2, 0.25) is 5.91 Å². The number of nitrogens with one attached hydrogen (secondary N) is 1. The Bertz CT molecular complexity index is 802. The average molecular weight is 393 g/mol. The fourth-order valence-corrected chi connectivity index (χ4v) is 2.69. The summed E-state index contributed by atoms with van der Waals surface area (Å²) in [6.07, 6.45) is 0.409. The highest BCUT2D eigenvalue weighted by molar-refractivity contribution is 6.32. The number of carbonyl (C=O) groups excluding carboxylic acids is 1. The summed E-state index contributed by atoms with van der Waals surface area (Å²) < 4.78 is 11.2. The molecule has 2 aromatic carbocycles. The van der Waals surface area contributed by atoms with E-state index in [2.05, 4.69) is 5.32 Å². The van der Waals surface area contributed by atoms with E-state index in [1.54, 1.807) is 31.4 Å². The number of benzene rings is 2. The Labute approximate surface area is 162 Å². The van der Waals surface area contributed by atoms with E-state index in [1.807, 2.05) is 18.2 Å². The van der Waals surface area contributed by atoms with E-state index in [9.17, 15) is 4.79 Å². The summed E-state index contributed by atoms with van der Waals surface area (Å²) in [5.74, 6) is 0.680. The van der Waals surface area contributed by atoms with Crippen molar-refractivity contribution in [3.05, 3.63) is 57.6 Å². The van der Waals surface area contributed by atoms with Gasteiger partial charge in [0.05, 0.1) is 18.2 Å². The van der Waals surface area contributed by atoms with Crippen molar-refractivity contribution in [2.45, 2.75) is 19.4 Å². The van der Waals surface area contributed by atoms with Crippen LogP contribution in [0.2, 0.25) is 10.0 Å². The molecule has 0 aliphatic heterocycles. The molecule has 0 aliphatic carbocycles. The smallest absolute Gasteiger partial charge is 0.234 e. The zero-order chi connectivity index (χ0) is 18.9. The van der Waals surface area contributed by atoms with Crippen molar-refractivity contribution in [2.24, 2.45) is 0 Å². The largest absolute Gasteiger partial charge is 0.493 e. The van der Waals surface area contributed by atoms with E-state index in [1.165, 1.54) is 0 Å². The molecule has 26 heavy (non-hydrogen) atoms. The van der Waals surface area contributed by atoms with Gasteiger partial charge < -0.3 is 14.8 Å². The van der Waals surface area contributed by atoms with Crippen LogP contribution < -0.4 is 14.8 Å². The molecule has 136 valence electrons. The zero-order valence-electron chi connectivity index (χ0n) is 14.2. The van der Waals surface area contributed by atoms with Gasteiger partial charge in [0, 0.05) is 11.6 Å². The van der Waals surface area contributed by atoms with Gasteiger partial charge in [0.25, 0.3) is 0 Å². The molecule has 7 heteroatoms. The molecule has 0 unspecified atom stereocenters. The standard InChI is InChI=1S/C19H18Cl2N2O3/c1-25-17-11-14(7-9-23-18(24)6-8-22)10-16(21)19(17)26-12-13-2-4-15(20)5-3-13/h2-5,10-11H,6-7,9,12H2,1H3,(H,23,24). The van der Waals surface area contributed by atoms with Gasteiger partial charge in [-0.05, 0) is 41.8 Å². The van der Waals surface area contributed by atoms with Crippen molar-refractivity contribution in [3.8, 4) is 17.6 Å². The molecule has 0 saturated heterocycles. The number of halogens is 2. The number of nitriles is 1. The maximum atomic E-state index is 11.3. The molecule has 0 aliphatic rings. The zero-order valence-corrected chi connectivity index (χ0v) is 15.7. The van der Waals surface area contributed by atoms with Crippen molar-refractivity contribution in [2.75, 3.05) is 13.7 Å². The van der Waals surface area contributed by atoms with E-state index in [-0.39, 0.29) is 12.3 Å². The third kappa shape index (κ3) is 5.83. The number of nitrogens with zero attached hydrogens (tertiary/aromatic N) is 1. The molecule has 2 aromatic rings. The second-order valence-corrected chi connectivity index (χ2v) is 6.30. The maximum Gasteiger partial charge on any atom is 0.234 e. The first-order valence-electron chi connectivity index (χ1n) is 7.90. The first-order chi connectivity index (χ1) is 12.5. The molecule has 0 heterocycles. The van der Waals surface area contributed by atoms with E-state index >= 15 is 0 Å². The number of rotatable bonds is 8. The van der Waals surface area contributed by atoms with Gasteiger partial charge in [-0.25, -0.2) is 0 Å². The van der Waals surface area contributed by atoms with Crippen LogP contribution in [0.15, 0.2) is 36.4 Å². The highest BCUT2D eigenvalue weighted by Gasteiger charge is 2.13. The molecule has 0 spiro atoms. The summed E-state index contributed by atoms with van der Waals surface area (Å²) in [4.78, 5) is 11.3. The number of methoxy groups -OCH3 is 1. The minimum Gasteiger partial charge on any atom is -0.493 e. The van der Waals surface area contributed by atoms with Crippen molar-refractivity contribution in [3.63, 3.8) is 0 Å². The SMILES string of the molecule is COc1cc(CCNC(=O)CC#N)cc(Cl)c1OCc1ccc(Cl)cc1. The molecule has 0 radical (unpaired) electrons. The molecule has 2 rings (SSSR count). The van der Waals surface area contributed by atoms with E-state index in [0.29, 0.717) is 41.1 Å². The van der Waals surface area contributed by atoms with Crippen molar-refractivity contribution in [1.29, 1.82) is 5.26 Å². The second-order valence-electron chi connectivity index (χ2n) is 5.46. The summed E-state index contributed by atoms with van der Waals surface area (Å²) >= 11 is 12.2. The van der Waals surface area contributed by atoms with E-state index in [0.717, 1.165) is 11.1 Å². The molecule has 1 amide bonds. The second kappa shape index (κ2) is 9.91. The van der Waals surface area contributed by atoms with Crippen LogP contribution in [-0.4, -0.2) is 19.6 Å². The van der Waals surface area contributed by atoms with E-state index in [4.69, 9.17) is 37.9 Å². The Hall–Kier alpha value is -2.42. The van der Waals surface area contributed by atoms with Crippen LogP contribution in [0.3, 0.4) is 0 Å². The van der Waals surface area contributed by atoms with E-state index < -0.39 is 0 Å². The Morgan fingerprint density at radius 3 is 2.58 bits per heavy atom. The predicted octanol–water partition coefficient (Wildman–Crippen LogP) is 4.15. The molecule has 5 nitrogen and oxygen atoms in total. The topological polar surface area (TPSA) is 71.3 Å². The lowest BCUT2D eigenvalue weighted by molar-refractivity contribution is -0.120. The number of amides is 1. The van der Waals surface area contributed by atoms with Crippen LogP contribution in [0.1, 0.15) is 17.5 Å². The Balaban J connectivity index is 2.02. The normalized spacial score (nSPS) is 10.1. The average Bonchev–Trinajstić information content (AvgIpc) is 2.62. The van der Waals surface area contributed by atoms with Crippen molar-refractivity contribution >= 4 is 29.1 Å². The van der Waals surface area contributed by atoms with Gasteiger partial charge >= 0.3 is 0 Å². The summed E-state index contributed by atoms with van der Waals surface area (Å²) in [5.41, 5.74) is 1.85. The molecular weight excluding hydrogens is 375 g/mol. The lowest BCUT2D eigenvalue weighted by Crippen LogP contribution is -2.24. The summed E-state index contributed by atoms with van der Waals surface area (Å²) in [7, 11) is 1.54.